The lowest BCUT2D eigenvalue weighted by atomic mass is 10.1. The van der Waals surface area contributed by atoms with Crippen LogP contribution < -0.4 is 9.47 Å². The molecule has 0 aliphatic rings. The normalized spacial score (nSPS) is 8.22. The highest BCUT2D eigenvalue weighted by molar-refractivity contribution is 5.74. The van der Waals surface area contributed by atoms with Crippen molar-refractivity contribution >= 4 is 5.78 Å². The van der Waals surface area contributed by atoms with E-state index in [0.29, 0.717) is 6.42 Å². The first-order valence-electron chi connectivity index (χ1n) is 8.71. The molecule has 0 N–H and O–H groups in total. The summed E-state index contributed by atoms with van der Waals surface area (Å²) in [4.78, 5) is 9.81. The molecule has 3 nitrogen and oxygen atoms in total. The van der Waals surface area contributed by atoms with Gasteiger partial charge in [0.05, 0.1) is 14.2 Å². The van der Waals surface area contributed by atoms with Crippen molar-refractivity contribution in [3.63, 3.8) is 0 Å². The Kier molecular flexibility index (Phi) is 23.5. The van der Waals surface area contributed by atoms with Crippen molar-refractivity contribution in [1.82, 2.24) is 0 Å². The van der Waals surface area contributed by atoms with E-state index in [1.165, 1.54) is 18.4 Å². The van der Waals surface area contributed by atoms with Crippen LogP contribution in [0.4, 0.5) is 0 Å². The lowest BCUT2D eigenvalue weighted by Gasteiger charge is -2.10. The third-order valence-electron chi connectivity index (χ3n) is 2.86. The Hall–Kier alpha value is -1.51. The summed E-state index contributed by atoms with van der Waals surface area (Å²) in [6.45, 7) is 13.9. The summed E-state index contributed by atoms with van der Waals surface area (Å²) in [6.07, 6.45) is 4.26. The number of hydrogen-bond donors (Lipinski definition) is 0. The SMILES string of the molecule is CC.CCC(C)=O.CCCC.CCc1cccc(OC)c1OC. The summed E-state index contributed by atoms with van der Waals surface area (Å²) in [7, 11) is 3.31. The fraction of sp³-hybridized carbons (Fsp3) is 0.650. The predicted octanol–water partition coefficient (Wildman–Crippen LogP) is 6.08. The molecule has 0 fully saturated rings. The van der Waals surface area contributed by atoms with Crippen LogP contribution >= 0.6 is 0 Å². The van der Waals surface area contributed by atoms with Gasteiger partial charge >= 0.3 is 0 Å². The van der Waals surface area contributed by atoms with Crippen molar-refractivity contribution in [2.75, 3.05) is 14.2 Å². The Bertz CT molecular complexity index is 349. The van der Waals surface area contributed by atoms with Gasteiger partial charge < -0.3 is 14.3 Å². The van der Waals surface area contributed by atoms with E-state index in [1.54, 1.807) is 21.1 Å². The minimum absolute atomic E-state index is 0.255. The van der Waals surface area contributed by atoms with Crippen molar-refractivity contribution in [3.05, 3.63) is 23.8 Å². The van der Waals surface area contributed by atoms with Crippen molar-refractivity contribution in [2.45, 2.75) is 74.1 Å². The molecule has 0 aliphatic carbocycles. The van der Waals surface area contributed by atoms with E-state index in [1.807, 2.05) is 39.0 Å². The number of methoxy groups -OCH3 is 2. The number of carbonyl (C=O) groups excluding carboxylic acids is 1. The fourth-order valence-corrected chi connectivity index (χ4v) is 1.23. The molecule has 3 heteroatoms. The number of benzene rings is 1. The first-order chi connectivity index (χ1) is 11.0. The van der Waals surface area contributed by atoms with Gasteiger partial charge in [-0.1, -0.05) is 66.5 Å². The van der Waals surface area contributed by atoms with Crippen LogP contribution in [0.5, 0.6) is 11.5 Å². The third kappa shape index (κ3) is 15.2. The van der Waals surface area contributed by atoms with Gasteiger partial charge in [0.15, 0.2) is 11.5 Å². The maximum absolute atomic E-state index is 9.81. The lowest BCUT2D eigenvalue weighted by Crippen LogP contribution is -1.94. The number of ether oxygens (including phenoxy) is 2. The van der Waals surface area contributed by atoms with Gasteiger partial charge in [-0.05, 0) is 25.0 Å². The van der Waals surface area contributed by atoms with Crippen molar-refractivity contribution in [2.24, 2.45) is 0 Å². The van der Waals surface area contributed by atoms with Gasteiger partial charge in [0.1, 0.15) is 5.78 Å². The highest BCUT2D eigenvalue weighted by Crippen LogP contribution is 2.30. The first-order valence-corrected chi connectivity index (χ1v) is 8.71. The molecule has 0 heterocycles. The van der Waals surface area contributed by atoms with E-state index >= 15 is 0 Å². The van der Waals surface area contributed by atoms with E-state index < -0.39 is 0 Å². The Morgan fingerprint density at radius 2 is 1.43 bits per heavy atom. The zero-order valence-corrected chi connectivity index (χ0v) is 16.8. The fourth-order valence-electron chi connectivity index (χ4n) is 1.23. The first kappa shape index (κ1) is 26.4. The smallest absolute Gasteiger partial charge is 0.163 e. The minimum Gasteiger partial charge on any atom is -0.493 e. The quantitative estimate of drug-likeness (QED) is 0.657. The molecule has 0 bridgehead atoms. The average molecular weight is 327 g/mol. The number of Topliss-reactive ketones (excluding diaryl/α,β-unsaturated/α-hetero) is 1. The van der Waals surface area contributed by atoms with Crippen LogP contribution in [0.15, 0.2) is 18.2 Å². The maximum atomic E-state index is 9.81. The summed E-state index contributed by atoms with van der Waals surface area (Å²) < 4.78 is 10.4. The van der Waals surface area contributed by atoms with Crippen LogP contribution in [0.1, 0.15) is 73.3 Å². The van der Waals surface area contributed by atoms with E-state index in [-0.39, 0.29) is 5.78 Å². The zero-order valence-electron chi connectivity index (χ0n) is 16.8. The Balaban J connectivity index is -0.000000304. The molecule has 136 valence electrons. The molecular weight excluding hydrogens is 288 g/mol. The van der Waals surface area contributed by atoms with E-state index in [9.17, 15) is 4.79 Å². The summed E-state index contributed by atoms with van der Waals surface area (Å²) in [5.74, 6) is 1.91. The van der Waals surface area contributed by atoms with Gasteiger partial charge in [-0.25, -0.2) is 0 Å². The lowest BCUT2D eigenvalue weighted by molar-refractivity contribution is -0.116. The molecule has 0 aromatic heterocycles. The van der Waals surface area contributed by atoms with Crippen LogP contribution in [-0.4, -0.2) is 20.0 Å². The molecule has 1 rings (SSSR count). The molecule has 1 aromatic carbocycles. The molecule has 0 saturated carbocycles. The van der Waals surface area contributed by atoms with Crippen molar-refractivity contribution < 1.29 is 14.3 Å². The predicted molar refractivity (Wildman–Crippen MR) is 102 cm³/mol. The Labute approximate surface area is 144 Å². The second kappa shape index (κ2) is 20.5. The summed E-state index contributed by atoms with van der Waals surface area (Å²) in [5.41, 5.74) is 1.18. The summed E-state index contributed by atoms with van der Waals surface area (Å²) in [6, 6.07) is 5.92. The second-order valence-electron chi connectivity index (χ2n) is 4.56. The van der Waals surface area contributed by atoms with Gasteiger partial charge in [0.25, 0.3) is 0 Å². The van der Waals surface area contributed by atoms with Crippen LogP contribution in [0, 0.1) is 0 Å². The molecule has 0 amide bonds. The maximum Gasteiger partial charge on any atom is 0.163 e. The van der Waals surface area contributed by atoms with E-state index in [2.05, 4.69) is 20.8 Å². The van der Waals surface area contributed by atoms with Crippen LogP contribution in [0.25, 0.3) is 0 Å². The molecule has 0 radical (unpaired) electrons. The topological polar surface area (TPSA) is 35.5 Å². The number of para-hydroxylation sites is 1. The van der Waals surface area contributed by atoms with E-state index in [0.717, 1.165) is 17.9 Å². The zero-order chi connectivity index (χ0) is 18.7. The number of unbranched alkanes of at least 4 members (excludes halogenated alkanes) is 1. The molecular formula is C20H38O3. The largest absolute Gasteiger partial charge is 0.493 e. The van der Waals surface area contributed by atoms with Crippen LogP contribution in [-0.2, 0) is 11.2 Å². The van der Waals surface area contributed by atoms with Crippen molar-refractivity contribution in [3.8, 4) is 11.5 Å². The van der Waals surface area contributed by atoms with E-state index in [4.69, 9.17) is 9.47 Å². The van der Waals surface area contributed by atoms with Crippen molar-refractivity contribution in [1.29, 1.82) is 0 Å². The van der Waals surface area contributed by atoms with Gasteiger partial charge in [-0.2, -0.15) is 0 Å². The average Bonchev–Trinajstić information content (AvgIpc) is 2.62. The summed E-state index contributed by atoms with van der Waals surface area (Å²) >= 11 is 0. The number of ketones is 1. The Morgan fingerprint density at radius 1 is 0.957 bits per heavy atom. The van der Waals surface area contributed by atoms with Gasteiger partial charge in [-0.15, -0.1) is 0 Å². The van der Waals surface area contributed by atoms with Gasteiger partial charge in [0.2, 0.25) is 0 Å². The number of aryl methyl sites for hydroxylation is 1. The highest BCUT2D eigenvalue weighted by atomic mass is 16.5. The monoisotopic (exact) mass is 326 g/mol. The summed E-state index contributed by atoms with van der Waals surface area (Å²) in [5, 5.41) is 0. The standard InChI is InChI=1S/C10H14O2.C4H8O.C4H10.C2H6/c1-4-8-6-5-7-9(11-2)10(8)12-3;1-3-4(2)5;1-3-4-2;1-2/h5-7H,4H2,1-3H3;3H2,1-2H3;3-4H2,1-2H3;1-2H3. The third-order valence-corrected chi connectivity index (χ3v) is 2.86. The second-order valence-corrected chi connectivity index (χ2v) is 4.56. The molecule has 23 heavy (non-hydrogen) atoms. The number of carbonyl (C=O) groups is 1. The minimum atomic E-state index is 0.255. The number of rotatable bonds is 5. The molecule has 0 spiro atoms. The molecule has 0 atom stereocenters. The molecule has 0 unspecified atom stereocenters. The van der Waals surface area contributed by atoms with Gasteiger partial charge in [-0.3, -0.25) is 0 Å². The van der Waals surface area contributed by atoms with Crippen LogP contribution in [0.3, 0.4) is 0 Å². The Morgan fingerprint density at radius 3 is 1.70 bits per heavy atom. The van der Waals surface area contributed by atoms with Gasteiger partial charge in [0, 0.05) is 6.42 Å². The number of hydrogen-bond acceptors (Lipinski definition) is 3. The highest BCUT2D eigenvalue weighted by Gasteiger charge is 2.06. The molecule has 0 aliphatic heterocycles. The molecule has 1 aromatic rings. The van der Waals surface area contributed by atoms with Crippen LogP contribution in [0.2, 0.25) is 0 Å². The molecule has 0 saturated heterocycles.